The Kier molecular flexibility index (Phi) is 3.82. The molecule has 1 aromatic heterocycles. The van der Waals surface area contributed by atoms with Gasteiger partial charge in [-0.25, -0.2) is 4.98 Å². The van der Waals surface area contributed by atoms with Crippen LogP contribution in [0.25, 0.3) is 11.3 Å². The van der Waals surface area contributed by atoms with Gasteiger partial charge in [0.05, 0.1) is 11.8 Å². The number of para-hydroxylation sites is 1. The molecule has 0 aliphatic carbocycles. The zero-order valence-electron chi connectivity index (χ0n) is 11.0. The average molecular weight is 242 g/mol. The molecule has 3 nitrogen and oxygen atoms in total. The largest absolute Gasteiger partial charge is 0.490 e. The van der Waals surface area contributed by atoms with Crippen LogP contribution in [0.4, 0.5) is 5.82 Å². The molecule has 18 heavy (non-hydrogen) atoms. The van der Waals surface area contributed by atoms with Crippen LogP contribution in [0.15, 0.2) is 42.5 Å². The fourth-order valence-corrected chi connectivity index (χ4v) is 1.76. The molecule has 3 heteroatoms. The zero-order valence-corrected chi connectivity index (χ0v) is 11.0. The number of nitrogens with one attached hydrogen (secondary N) is 1. The first-order valence-electron chi connectivity index (χ1n) is 6.11. The first-order valence-corrected chi connectivity index (χ1v) is 6.11. The highest BCUT2D eigenvalue weighted by atomic mass is 16.5. The lowest BCUT2D eigenvalue weighted by Gasteiger charge is -2.14. The minimum absolute atomic E-state index is 0.152. The molecule has 0 fully saturated rings. The lowest BCUT2D eigenvalue weighted by atomic mass is 10.1. The van der Waals surface area contributed by atoms with Crippen molar-refractivity contribution in [2.75, 3.05) is 12.4 Å². The van der Waals surface area contributed by atoms with E-state index in [0.29, 0.717) is 0 Å². The first kappa shape index (κ1) is 12.4. The zero-order chi connectivity index (χ0) is 13.0. The minimum atomic E-state index is 0.152. The molecule has 0 bridgehead atoms. The summed E-state index contributed by atoms with van der Waals surface area (Å²) in [7, 11) is 1.86. The Bertz CT molecular complexity index is 523. The molecular weight excluding hydrogens is 224 g/mol. The monoisotopic (exact) mass is 242 g/mol. The Labute approximate surface area is 108 Å². The number of anilines is 1. The fraction of sp³-hybridized carbons (Fsp3) is 0.267. The van der Waals surface area contributed by atoms with E-state index in [-0.39, 0.29) is 6.10 Å². The van der Waals surface area contributed by atoms with Crippen LogP contribution in [0.2, 0.25) is 0 Å². The maximum Gasteiger partial charge on any atom is 0.129 e. The van der Waals surface area contributed by atoms with E-state index in [4.69, 9.17) is 4.74 Å². The molecule has 2 rings (SSSR count). The molecule has 1 heterocycles. The van der Waals surface area contributed by atoms with Gasteiger partial charge in [-0.05, 0) is 38.1 Å². The molecule has 0 aliphatic rings. The van der Waals surface area contributed by atoms with Gasteiger partial charge in [-0.2, -0.15) is 0 Å². The molecule has 0 saturated carbocycles. The second-order valence-corrected chi connectivity index (χ2v) is 4.32. The number of nitrogens with zero attached hydrogens (tertiary/aromatic N) is 1. The maximum absolute atomic E-state index is 5.81. The Morgan fingerprint density at radius 1 is 1.06 bits per heavy atom. The highest BCUT2D eigenvalue weighted by Crippen LogP contribution is 2.29. The van der Waals surface area contributed by atoms with Gasteiger partial charge in [-0.15, -0.1) is 0 Å². The summed E-state index contributed by atoms with van der Waals surface area (Å²) in [5.74, 6) is 1.72. The van der Waals surface area contributed by atoms with Crippen molar-refractivity contribution in [2.45, 2.75) is 20.0 Å². The van der Waals surface area contributed by atoms with E-state index in [9.17, 15) is 0 Å². The van der Waals surface area contributed by atoms with Crippen molar-refractivity contribution >= 4 is 5.82 Å². The molecule has 0 amide bonds. The van der Waals surface area contributed by atoms with Crippen molar-refractivity contribution in [1.29, 1.82) is 0 Å². The highest BCUT2D eigenvalue weighted by molar-refractivity contribution is 5.68. The number of pyridine rings is 1. The van der Waals surface area contributed by atoms with Gasteiger partial charge in [-0.1, -0.05) is 18.2 Å². The second-order valence-electron chi connectivity index (χ2n) is 4.32. The van der Waals surface area contributed by atoms with Crippen LogP contribution >= 0.6 is 0 Å². The molecule has 2 aromatic rings. The summed E-state index contributed by atoms with van der Waals surface area (Å²) in [6, 6.07) is 13.9. The molecule has 0 saturated heterocycles. The number of rotatable bonds is 4. The maximum atomic E-state index is 5.81. The molecule has 0 aliphatic heterocycles. The van der Waals surface area contributed by atoms with Crippen LogP contribution < -0.4 is 10.1 Å². The summed E-state index contributed by atoms with van der Waals surface area (Å²) < 4.78 is 5.81. The summed E-state index contributed by atoms with van der Waals surface area (Å²) in [6.07, 6.45) is 0.152. The predicted molar refractivity (Wildman–Crippen MR) is 75.0 cm³/mol. The lowest BCUT2D eigenvalue weighted by molar-refractivity contribution is 0.243. The summed E-state index contributed by atoms with van der Waals surface area (Å²) in [5.41, 5.74) is 1.93. The van der Waals surface area contributed by atoms with Gasteiger partial charge in [0.25, 0.3) is 0 Å². The van der Waals surface area contributed by atoms with Crippen LogP contribution in [0.3, 0.4) is 0 Å². The summed E-state index contributed by atoms with van der Waals surface area (Å²) in [4.78, 5) is 4.54. The summed E-state index contributed by atoms with van der Waals surface area (Å²) in [6.45, 7) is 4.04. The smallest absolute Gasteiger partial charge is 0.129 e. The van der Waals surface area contributed by atoms with E-state index in [1.54, 1.807) is 0 Å². The van der Waals surface area contributed by atoms with Gasteiger partial charge in [-0.3, -0.25) is 0 Å². The van der Waals surface area contributed by atoms with E-state index in [2.05, 4.69) is 10.3 Å². The van der Waals surface area contributed by atoms with Crippen molar-refractivity contribution in [3.8, 4) is 17.0 Å². The SMILES string of the molecule is CNc1cccc(-c2ccccc2OC(C)C)n1. The number of aromatic nitrogens is 1. The Hall–Kier alpha value is -2.03. The second kappa shape index (κ2) is 5.54. The van der Waals surface area contributed by atoms with E-state index in [0.717, 1.165) is 22.8 Å². The Morgan fingerprint density at radius 2 is 1.83 bits per heavy atom. The average Bonchev–Trinajstić information content (AvgIpc) is 2.39. The third-order valence-corrected chi connectivity index (χ3v) is 2.53. The third-order valence-electron chi connectivity index (χ3n) is 2.53. The molecule has 94 valence electrons. The van der Waals surface area contributed by atoms with E-state index < -0.39 is 0 Å². The molecular formula is C15H18N2O. The quantitative estimate of drug-likeness (QED) is 0.889. The van der Waals surface area contributed by atoms with Crippen molar-refractivity contribution in [1.82, 2.24) is 4.98 Å². The van der Waals surface area contributed by atoms with Crippen molar-refractivity contribution in [3.63, 3.8) is 0 Å². The van der Waals surface area contributed by atoms with Crippen LogP contribution in [0.1, 0.15) is 13.8 Å². The standard InChI is InChI=1S/C15H18N2O/c1-11(2)18-14-9-5-4-7-12(14)13-8-6-10-15(16-3)17-13/h4-11H,1-3H3,(H,16,17). The topological polar surface area (TPSA) is 34.1 Å². The van der Waals surface area contributed by atoms with Gasteiger partial charge in [0.2, 0.25) is 0 Å². The van der Waals surface area contributed by atoms with Gasteiger partial charge in [0.15, 0.2) is 0 Å². The molecule has 0 unspecified atom stereocenters. The van der Waals surface area contributed by atoms with Crippen LogP contribution in [0.5, 0.6) is 5.75 Å². The summed E-state index contributed by atoms with van der Waals surface area (Å²) in [5, 5.41) is 3.05. The van der Waals surface area contributed by atoms with E-state index in [1.807, 2.05) is 63.4 Å². The van der Waals surface area contributed by atoms with Crippen LogP contribution in [-0.2, 0) is 0 Å². The lowest BCUT2D eigenvalue weighted by Crippen LogP contribution is -2.06. The van der Waals surface area contributed by atoms with Gasteiger partial charge >= 0.3 is 0 Å². The number of benzene rings is 1. The fourth-order valence-electron chi connectivity index (χ4n) is 1.76. The molecule has 0 radical (unpaired) electrons. The van der Waals surface area contributed by atoms with E-state index >= 15 is 0 Å². The van der Waals surface area contributed by atoms with Crippen LogP contribution in [0, 0.1) is 0 Å². The van der Waals surface area contributed by atoms with Gasteiger partial charge < -0.3 is 10.1 Å². The molecule has 1 N–H and O–H groups in total. The number of hydrogen-bond acceptors (Lipinski definition) is 3. The number of hydrogen-bond donors (Lipinski definition) is 1. The van der Waals surface area contributed by atoms with Crippen molar-refractivity contribution in [3.05, 3.63) is 42.5 Å². The van der Waals surface area contributed by atoms with Crippen molar-refractivity contribution < 1.29 is 4.74 Å². The molecule has 1 aromatic carbocycles. The summed E-state index contributed by atoms with van der Waals surface area (Å²) >= 11 is 0. The van der Waals surface area contributed by atoms with Gasteiger partial charge in [0.1, 0.15) is 11.6 Å². The van der Waals surface area contributed by atoms with Crippen molar-refractivity contribution in [2.24, 2.45) is 0 Å². The number of ether oxygens (including phenoxy) is 1. The van der Waals surface area contributed by atoms with E-state index in [1.165, 1.54) is 0 Å². The normalized spacial score (nSPS) is 10.4. The Morgan fingerprint density at radius 3 is 2.56 bits per heavy atom. The minimum Gasteiger partial charge on any atom is -0.490 e. The molecule has 0 spiro atoms. The predicted octanol–water partition coefficient (Wildman–Crippen LogP) is 3.58. The third kappa shape index (κ3) is 2.80. The highest BCUT2D eigenvalue weighted by Gasteiger charge is 2.08. The van der Waals surface area contributed by atoms with Crippen LogP contribution in [-0.4, -0.2) is 18.1 Å². The molecule has 0 atom stereocenters. The van der Waals surface area contributed by atoms with Gasteiger partial charge in [0, 0.05) is 12.6 Å². The Balaban J connectivity index is 2.42. The first-order chi connectivity index (χ1) is 8.70.